The largest absolute Gasteiger partial charge is 0.465 e. The molecule has 3 rings (SSSR count). The Morgan fingerprint density at radius 2 is 1.81 bits per heavy atom. The van der Waals surface area contributed by atoms with E-state index in [9.17, 15) is 13.2 Å². The van der Waals surface area contributed by atoms with Crippen molar-refractivity contribution in [2.45, 2.75) is 11.4 Å². The van der Waals surface area contributed by atoms with E-state index in [2.05, 4.69) is 14.6 Å². The summed E-state index contributed by atoms with van der Waals surface area (Å²) < 4.78 is 33.8. The summed E-state index contributed by atoms with van der Waals surface area (Å²) in [6.07, 6.45) is 3.56. The van der Waals surface area contributed by atoms with Crippen LogP contribution < -0.4 is 4.72 Å². The van der Waals surface area contributed by atoms with Gasteiger partial charge in [-0.15, -0.1) is 0 Å². The first-order chi connectivity index (χ1) is 12.5. The number of rotatable bonds is 6. The van der Waals surface area contributed by atoms with E-state index in [1.807, 2.05) is 24.4 Å². The van der Waals surface area contributed by atoms with Crippen molar-refractivity contribution in [1.29, 1.82) is 0 Å². The summed E-state index contributed by atoms with van der Waals surface area (Å²) in [4.78, 5) is 11.5. The van der Waals surface area contributed by atoms with Crippen LogP contribution in [-0.2, 0) is 21.3 Å². The molecule has 8 heteroatoms. The smallest absolute Gasteiger partial charge is 0.337 e. The van der Waals surface area contributed by atoms with Gasteiger partial charge in [0.2, 0.25) is 0 Å². The van der Waals surface area contributed by atoms with Gasteiger partial charge < -0.3 is 4.74 Å². The van der Waals surface area contributed by atoms with Gasteiger partial charge in [0.15, 0.2) is 0 Å². The lowest BCUT2D eigenvalue weighted by atomic mass is 10.2. The molecule has 0 spiro atoms. The Morgan fingerprint density at radius 1 is 1.12 bits per heavy atom. The Kier molecular flexibility index (Phi) is 5.04. The van der Waals surface area contributed by atoms with Gasteiger partial charge in [-0.05, 0) is 48.0 Å². The van der Waals surface area contributed by atoms with Gasteiger partial charge in [-0.1, -0.05) is 12.1 Å². The Labute approximate surface area is 151 Å². The van der Waals surface area contributed by atoms with E-state index in [0.29, 0.717) is 12.2 Å². The third kappa shape index (κ3) is 4.09. The molecule has 134 valence electrons. The van der Waals surface area contributed by atoms with E-state index in [0.717, 1.165) is 5.56 Å². The molecule has 0 atom stereocenters. The van der Waals surface area contributed by atoms with Crippen LogP contribution in [0.4, 0.5) is 5.69 Å². The monoisotopic (exact) mass is 371 g/mol. The van der Waals surface area contributed by atoms with Crippen molar-refractivity contribution in [3.63, 3.8) is 0 Å². The summed E-state index contributed by atoms with van der Waals surface area (Å²) in [5.41, 5.74) is 1.74. The molecule has 0 saturated heterocycles. The van der Waals surface area contributed by atoms with E-state index >= 15 is 0 Å². The fraction of sp³-hybridized carbons (Fsp3) is 0.111. The van der Waals surface area contributed by atoms with E-state index < -0.39 is 16.0 Å². The molecule has 0 aliphatic rings. The van der Waals surface area contributed by atoms with Gasteiger partial charge in [-0.25, -0.2) is 13.2 Å². The number of benzene rings is 2. The fourth-order valence-electron chi connectivity index (χ4n) is 2.36. The standard InChI is InChI=1S/C18H17N3O4S/c1-25-18(22)15-5-9-17(10-6-15)26(23,24)20-16-7-3-14(4-8-16)13-21-12-2-11-19-21/h2-12,20H,13H2,1H3. The van der Waals surface area contributed by atoms with Crippen LogP contribution in [0.2, 0.25) is 0 Å². The maximum Gasteiger partial charge on any atom is 0.337 e. The predicted octanol–water partition coefficient (Wildman–Crippen LogP) is 2.52. The Bertz CT molecular complexity index is 980. The number of nitrogens with zero attached hydrogens (tertiary/aromatic N) is 2. The maximum atomic E-state index is 12.5. The first kappa shape index (κ1) is 17.7. The SMILES string of the molecule is COC(=O)c1ccc(S(=O)(=O)Nc2ccc(Cn3cccn3)cc2)cc1. The number of sulfonamides is 1. The van der Waals surface area contributed by atoms with Crippen LogP contribution in [0.1, 0.15) is 15.9 Å². The number of aromatic nitrogens is 2. The van der Waals surface area contributed by atoms with Gasteiger partial charge >= 0.3 is 5.97 Å². The van der Waals surface area contributed by atoms with Crippen LogP contribution in [0.15, 0.2) is 71.9 Å². The molecule has 0 amide bonds. The molecule has 0 aliphatic heterocycles. The molecule has 26 heavy (non-hydrogen) atoms. The lowest BCUT2D eigenvalue weighted by Crippen LogP contribution is -2.13. The first-order valence-corrected chi connectivity index (χ1v) is 9.24. The average Bonchev–Trinajstić information content (AvgIpc) is 3.15. The predicted molar refractivity (Wildman–Crippen MR) is 96.4 cm³/mol. The number of esters is 1. The molecule has 0 bridgehead atoms. The lowest BCUT2D eigenvalue weighted by molar-refractivity contribution is 0.0600. The summed E-state index contributed by atoms with van der Waals surface area (Å²) in [7, 11) is -2.48. The molecule has 0 radical (unpaired) electrons. The fourth-order valence-corrected chi connectivity index (χ4v) is 3.42. The average molecular weight is 371 g/mol. The van der Waals surface area contributed by atoms with Gasteiger partial charge in [-0.3, -0.25) is 9.40 Å². The summed E-state index contributed by atoms with van der Waals surface area (Å²) in [6, 6.07) is 14.4. The molecule has 1 heterocycles. The van der Waals surface area contributed by atoms with Gasteiger partial charge in [-0.2, -0.15) is 5.10 Å². The van der Waals surface area contributed by atoms with Crippen LogP contribution in [0.3, 0.4) is 0 Å². The van der Waals surface area contributed by atoms with Crippen LogP contribution in [-0.4, -0.2) is 31.3 Å². The molecule has 7 nitrogen and oxygen atoms in total. The number of methoxy groups -OCH3 is 1. The summed E-state index contributed by atoms with van der Waals surface area (Å²) in [6.45, 7) is 0.606. The van der Waals surface area contributed by atoms with Crippen molar-refractivity contribution < 1.29 is 17.9 Å². The van der Waals surface area contributed by atoms with Gasteiger partial charge in [0.1, 0.15) is 0 Å². The van der Waals surface area contributed by atoms with Crippen LogP contribution in [0, 0.1) is 0 Å². The molecule has 1 aromatic heterocycles. The topological polar surface area (TPSA) is 90.3 Å². The molecule has 0 fully saturated rings. The number of ether oxygens (including phenoxy) is 1. The number of anilines is 1. The molecular weight excluding hydrogens is 354 g/mol. The minimum absolute atomic E-state index is 0.0609. The highest BCUT2D eigenvalue weighted by Crippen LogP contribution is 2.18. The van der Waals surface area contributed by atoms with E-state index in [1.165, 1.54) is 31.4 Å². The maximum absolute atomic E-state index is 12.5. The summed E-state index contributed by atoms with van der Waals surface area (Å²) in [5, 5.41) is 4.13. The molecule has 0 saturated carbocycles. The second kappa shape index (κ2) is 7.40. The highest BCUT2D eigenvalue weighted by atomic mass is 32.2. The quantitative estimate of drug-likeness (QED) is 0.673. The van der Waals surface area contributed by atoms with Crippen molar-refractivity contribution in [3.05, 3.63) is 78.1 Å². The minimum atomic E-state index is -3.74. The third-order valence-electron chi connectivity index (χ3n) is 3.70. The van der Waals surface area contributed by atoms with Crippen molar-refractivity contribution >= 4 is 21.7 Å². The molecular formula is C18H17N3O4S. The lowest BCUT2D eigenvalue weighted by Gasteiger charge is -2.09. The normalized spacial score (nSPS) is 11.1. The number of nitrogens with one attached hydrogen (secondary N) is 1. The minimum Gasteiger partial charge on any atom is -0.465 e. The molecule has 3 aromatic rings. The molecule has 0 unspecified atom stereocenters. The number of carbonyl (C=O) groups is 1. The Balaban J connectivity index is 1.71. The molecule has 1 N–H and O–H groups in total. The van der Waals surface area contributed by atoms with Crippen molar-refractivity contribution in [1.82, 2.24) is 9.78 Å². The Hall–Kier alpha value is -3.13. The van der Waals surface area contributed by atoms with E-state index in [-0.39, 0.29) is 10.5 Å². The Morgan fingerprint density at radius 3 is 2.38 bits per heavy atom. The highest BCUT2D eigenvalue weighted by molar-refractivity contribution is 7.92. The zero-order chi connectivity index (χ0) is 18.6. The number of hydrogen-bond donors (Lipinski definition) is 1. The van der Waals surface area contributed by atoms with Gasteiger partial charge in [0.25, 0.3) is 10.0 Å². The van der Waals surface area contributed by atoms with Crippen LogP contribution in [0.5, 0.6) is 0 Å². The van der Waals surface area contributed by atoms with E-state index in [1.54, 1.807) is 23.0 Å². The second-order valence-electron chi connectivity index (χ2n) is 5.52. The number of hydrogen-bond acceptors (Lipinski definition) is 5. The van der Waals surface area contributed by atoms with Crippen molar-refractivity contribution in [2.24, 2.45) is 0 Å². The van der Waals surface area contributed by atoms with E-state index in [4.69, 9.17) is 0 Å². The zero-order valence-electron chi connectivity index (χ0n) is 14.0. The number of carbonyl (C=O) groups excluding carboxylic acids is 1. The molecule has 0 aliphatic carbocycles. The van der Waals surface area contributed by atoms with Crippen LogP contribution >= 0.6 is 0 Å². The van der Waals surface area contributed by atoms with Gasteiger partial charge in [0.05, 0.1) is 24.1 Å². The second-order valence-corrected chi connectivity index (χ2v) is 7.20. The van der Waals surface area contributed by atoms with Crippen molar-refractivity contribution in [3.8, 4) is 0 Å². The van der Waals surface area contributed by atoms with Crippen LogP contribution in [0.25, 0.3) is 0 Å². The summed E-state index contributed by atoms with van der Waals surface area (Å²) >= 11 is 0. The molecule has 2 aromatic carbocycles. The van der Waals surface area contributed by atoms with Gasteiger partial charge in [0, 0.05) is 18.1 Å². The third-order valence-corrected chi connectivity index (χ3v) is 5.09. The van der Waals surface area contributed by atoms with Crippen molar-refractivity contribution in [2.75, 3.05) is 11.8 Å². The first-order valence-electron chi connectivity index (χ1n) is 7.75. The zero-order valence-corrected chi connectivity index (χ0v) is 14.8. The highest BCUT2D eigenvalue weighted by Gasteiger charge is 2.15. The summed E-state index contributed by atoms with van der Waals surface area (Å²) in [5.74, 6) is -0.519.